The number of carboxylic acid groups (broad SMARTS) is 1. The molecule has 0 bridgehead atoms. The molecule has 0 spiro atoms. The van der Waals surface area contributed by atoms with Crippen LogP contribution in [0.5, 0.6) is 0 Å². The molecule has 1 atom stereocenters. The number of carboxylic acids is 1. The zero-order valence-corrected chi connectivity index (χ0v) is 10.7. The van der Waals surface area contributed by atoms with E-state index in [1.165, 1.54) is 0 Å². The van der Waals surface area contributed by atoms with Crippen LogP contribution in [-0.4, -0.2) is 35.7 Å². The molecule has 100 valence electrons. The summed E-state index contributed by atoms with van der Waals surface area (Å²) < 4.78 is 0. The molecule has 0 aromatic rings. The summed E-state index contributed by atoms with van der Waals surface area (Å²) in [6, 6.07) is 0. The van der Waals surface area contributed by atoms with Crippen molar-refractivity contribution in [1.29, 1.82) is 0 Å². The van der Waals surface area contributed by atoms with Crippen LogP contribution in [0.3, 0.4) is 0 Å². The maximum absolute atomic E-state index is 11.3. The fraction of sp³-hybridized carbons (Fsp3) is 0.818. The topological polar surface area (TPSA) is 114 Å². The first-order valence-electron chi connectivity index (χ1n) is 6.02. The lowest BCUT2D eigenvalue weighted by Crippen LogP contribution is -2.51. The number of rotatable bonds is 9. The number of unbranched alkanes of at least 4 members (excludes halogenated alkanes) is 1. The van der Waals surface area contributed by atoms with Gasteiger partial charge in [-0.25, -0.2) is 0 Å². The number of hydrogen-bond acceptors (Lipinski definition) is 3. The van der Waals surface area contributed by atoms with Crippen molar-refractivity contribution in [3.8, 4) is 0 Å². The molecule has 0 radical (unpaired) electrons. The summed E-state index contributed by atoms with van der Waals surface area (Å²) >= 11 is 0. The number of carbonyl (C=O) groups is 1. The van der Waals surface area contributed by atoms with E-state index in [1.807, 2.05) is 13.8 Å². The van der Waals surface area contributed by atoms with Crippen LogP contribution in [0.4, 0.5) is 0 Å². The van der Waals surface area contributed by atoms with Crippen LogP contribution in [0.25, 0.3) is 0 Å². The summed E-state index contributed by atoms with van der Waals surface area (Å²) in [7, 11) is 0. The fourth-order valence-electron chi connectivity index (χ4n) is 1.81. The highest BCUT2D eigenvalue weighted by Crippen LogP contribution is 2.19. The minimum absolute atomic E-state index is 0.0803. The molecule has 0 aromatic heterocycles. The monoisotopic (exact) mass is 244 g/mol. The number of aliphatic imine (C=N–C) groups is 1. The Morgan fingerprint density at radius 2 is 2.00 bits per heavy atom. The van der Waals surface area contributed by atoms with Gasteiger partial charge in [0, 0.05) is 6.54 Å². The highest BCUT2D eigenvalue weighted by atomic mass is 16.4. The minimum Gasteiger partial charge on any atom is -0.480 e. The third kappa shape index (κ3) is 5.53. The first-order chi connectivity index (χ1) is 7.98. The van der Waals surface area contributed by atoms with Crippen LogP contribution in [-0.2, 0) is 4.79 Å². The van der Waals surface area contributed by atoms with Gasteiger partial charge in [-0.3, -0.25) is 9.79 Å². The zero-order chi connectivity index (χ0) is 13.3. The molecule has 6 N–H and O–H groups in total. The van der Waals surface area contributed by atoms with Crippen LogP contribution >= 0.6 is 0 Å². The molecular weight excluding hydrogens is 220 g/mol. The Bertz CT molecular complexity index is 264. The Labute approximate surface area is 102 Å². The smallest absolute Gasteiger partial charge is 0.323 e. The Morgan fingerprint density at radius 1 is 1.35 bits per heavy atom. The van der Waals surface area contributed by atoms with Crippen LogP contribution in [0.15, 0.2) is 4.99 Å². The predicted octanol–water partition coefficient (Wildman–Crippen LogP) is 0.273. The summed E-state index contributed by atoms with van der Waals surface area (Å²) in [4.78, 5) is 15.1. The molecule has 6 nitrogen and oxygen atoms in total. The van der Waals surface area contributed by atoms with Crippen LogP contribution in [0, 0.1) is 0 Å². The molecule has 0 rings (SSSR count). The van der Waals surface area contributed by atoms with Crippen molar-refractivity contribution in [2.24, 2.45) is 16.5 Å². The van der Waals surface area contributed by atoms with Gasteiger partial charge in [-0.05, 0) is 32.2 Å². The third-order valence-corrected chi connectivity index (χ3v) is 2.83. The molecular formula is C11H24N4O2. The highest BCUT2D eigenvalue weighted by molar-refractivity contribution is 5.78. The van der Waals surface area contributed by atoms with Gasteiger partial charge in [0.05, 0.1) is 0 Å². The molecule has 0 saturated heterocycles. The number of nitrogens with one attached hydrogen (secondary N) is 1. The number of nitrogens with two attached hydrogens (primary N) is 2. The van der Waals surface area contributed by atoms with Gasteiger partial charge in [-0.15, -0.1) is 0 Å². The molecule has 0 aliphatic heterocycles. The fourth-order valence-corrected chi connectivity index (χ4v) is 1.81. The molecule has 0 heterocycles. The van der Waals surface area contributed by atoms with Gasteiger partial charge in [0.25, 0.3) is 0 Å². The molecule has 0 fully saturated rings. The molecule has 6 heteroatoms. The van der Waals surface area contributed by atoms with Gasteiger partial charge in [-0.2, -0.15) is 0 Å². The number of aliphatic carboxylic acids is 1. The lowest BCUT2D eigenvalue weighted by Gasteiger charge is -2.29. The second-order valence-electron chi connectivity index (χ2n) is 4.03. The van der Waals surface area contributed by atoms with E-state index in [2.05, 4.69) is 10.3 Å². The van der Waals surface area contributed by atoms with E-state index in [4.69, 9.17) is 11.5 Å². The molecule has 0 saturated carbocycles. The first kappa shape index (κ1) is 15.7. The third-order valence-electron chi connectivity index (χ3n) is 2.83. The van der Waals surface area contributed by atoms with E-state index in [0.717, 1.165) is 12.8 Å². The lowest BCUT2D eigenvalue weighted by atomic mass is 9.89. The van der Waals surface area contributed by atoms with E-state index in [-0.39, 0.29) is 5.96 Å². The second kappa shape index (κ2) is 7.89. The Morgan fingerprint density at radius 3 is 2.41 bits per heavy atom. The van der Waals surface area contributed by atoms with Crippen molar-refractivity contribution in [3.05, 3.63) is 0 Å². The molecule has 17 heavy (non-hydrogen) atoms. The van der Waals surface area contributed by atoms with E-state index in [9.17, 15) is 9.90 Å². The first-order valence-corrected chi connectivity index (χ1v) is 6.02. The van der Waals surface area contributed by atoms with Gasteiger partial charge >= 0.3 is 5.97 Å². The lowest BCUT2D eigenvalue weighted by molar-refractivity contribution is -0.145. The van der Waals surface area contributed by atoms with Crippen LogP contribution < -0.4 is 16.8 Å². The van der Waals surface area contributed by atoms with E-state index >= 15 is 0 Å². The molecule has 0 aliphatic rings. The van der Waals surface area contributed by atoms with Crippen molar-refractivity contribution in [1.82, 2.24) is 5.32 Å². The number of hydrogen-bond donors (Lipinski definition) is 4. The minimum atomic E-state index is -0.813. The van der Waals surface area contributed by atoms with Gasteiger partial charge in [-0.1, -0.05) is 13.8 Å². The van der Waals surface area contributed by atoms with E-state index < -0.39 is 11.5 Å². The SMILES string of the molecule is CCN[C@@](CC)(CCCCN=C(N)N)C(=O)O. The molecule has 0 aromatic carbocycles. The standard InChI is InChI=1S/C11H24N4O2/c1-3-11(9(16)17,15-4-2)7-5-6-8-14-10(12)13/h15H,3-8H2,1-2H3,(H,16,17)(H4,12,13,14)/t11-/m0/s1. The summed E-state index contributed by atoms with van der Waals surface area (Å²) in [6.45, 7) is 4.99. The average Bonchev–Trinajstić information content (AvgIpc) is 2.26. The summed E-state index contributed by atoms with van der Waals surface area (Å²) in [5, 5.41) is 12.3. The second-order valence-corrected chi connectivity index (χ2v) is 4.03. The summed E-state index contributed by atoms with van der Waals surface area (Å²) in [5.74, 6) is -0.708. The Hall–Kier alpha value is -1.30. The zero-order valence-electron chi connectivity index (χ0n) is 10.7. The van der Waals surface area contributed by atoms with Gasteiger partial charge < -0.3 is 21.9 Å². The van der Waals surface area contributed by atoms with Crippen molar-refractivity contribution >= 4 is 11.9 Å². The van der Waals surface area contributed by atoms with E-state index in [0.29, 0.717) is 25.9 Å². The Kier molecular flexibility index (Phi) is 7.29. The maximum Gasteiger partial charge on any atom is 0.323 e. The normalized spacial score (nSPS) is 14.0. The number of likely N-dealkylation sites (N-methyl/N-ethyl adjacent to an activating group) is 1. The van der Waals surface area contributed by atoms with Crippen molar-refractivity contribution in [2.75, 3.05) is 13.1 Å². The quantitative estimate of drug-likeness (QED) is 0.264. The Balaban J connectivity index is 4.17. The molecule has 0 aliphatic carbocycles. The summed E-state index contributed by atoms with van der Waals surface area (Å²) in [5.41, 5.74) is 9.59. The van der Waals surface area contributed by atoms with Crippen LogP contribution in [0.2, 0.25) is 0 Å². The summed E-state index contributed by atoms with van der Waals surface area (Å²) in [6.07, 6.45) is 2.73. The van der Waals surface area contributed by atoms with Crippen molar-refractivity contribution < 1.29 is 9.90 Å². The predicted molar refractivity (Wildman–Crippen MR) is 68.9 cm³/mol. The number of nitrogens with zero attached hydrogens (tertiary/aromatic N) is 1. The maximum atomic E-state index is 11.3. The molecule has 0 unspecified atom stereocenters. The molecule has 0 amide bonds. The largest absolute Gasteiger partial charge is 0.480 e. The number of guanidine groups is 1. The van der Waals surface area contributed by atoms with Crippen molar-refractivity contribution in [2.45, 2.75) is 45.1 Å². The van der Waals surface area contributed by atoms with Gasteiger partial charge in [0.1, 0.15) is 5.54 Å². The van der Waals surface area contributed by atoms with E-state index in [1.54, 1.807) is 0 Å². The van der Waals surface area contributed by atoms with Crippen molar-refractivity contribution in [3.63, 3.8) is 0 Å². The van der Waals surface area contributed by atoms with Gasteiger partial charge in [0.15, 0.2) is 5.96 Å². The average molecular weight is 244 g/mol. The van der Waals surface area contributed by atoms with Crippen LogP contribution in [0.1, 0.15) is 39.5 Å². The highest BCUT2D eigenvalue weighted by Gasteiger charge is 2.34. The van der Waals surface area contributed by atoms with Gasteiger partial charge in [0.2, 0.25) is 0 Å².